The Hall–Kier alpha value is -1.51. The molecule has 16 heavy (non-hydrogen) atoms. The van der Waals surface area contributed by atoms with E-state index >= 15 is 0 Å². The Balaban J connectivity index is 0.000000509. The molecule has 2 rings (SSSR count). The zero-order chi connectivity index (χ0) is 12.6. The first-order valence-electron chi connectivity index (χ1n) is 5.77. The number of hydrogen-bond acceptors (Lipinski definition) is 2. The monoisotopic (exact) mass is 222 g/mol. The summed E-state index contributed by atoms with van der Waals surface area (Å²) in [7, 11) is 3.59. The van der Waals surface area contributed by atoms with E-state index < -0.39 is 0 Å². The third kappa shape index (κ3) is 3.26. The summed E-state index contributed by atoms with van der Waals surface area (Å²) in [5.41, 5.74) is 1.12. The molecule has 0 N–H and O–H groups in total. The number of hydrogen-bond donors (Lipinski definition) is 0. The van der Waals surface area contributed by atoms with Gasteiger partial charge < -0.3 is 4.74 Å². The van der Waals surface area contributed by atoms with Crippen molar-refractivity contribution in [3.8, 4) is 5.75 Å². The predicted molar refractivity (Wildman–Crippen MR) is 70.0 cm³/mol. The maximum absolute atomic E-state index is 5.09. The normalized spacial score (nSPS) is 8.62. The Morgan fingerprint density at radius 3 is 2.31 bits per heavy atom. The molecule has 0 radical (unpaired) electrons. The van der Waals surface area contributed by atoms with Crippen LogP contribution in [-0.2, 0) is 7.05 Å². The molecule has 90 valence electrons. The van der Waals surface area contributed by atoms with E-state index in [2.05, 4.69) is 5.10 Å². The van der Waals surface area contributed by atoms with E-state index in [1.165, 1.54) is 0 Å². The highest BCUT2D eigenvalue weighted by atomic mass is 16.5. The molecule has 0 amide bonds. The van der Waals surface area contributed by atoms with E-state index in [4.69, 9.17) is 4.74 Å². The van der Waals surface area contributed by atoms with Crippen LogP contribution < -0.4 is 4.74 Å². The van der Waals surface area contributed by atoms with Crippen molar-refractivity contribution in [2.45, 2.75) is 27.7 Å². The van der Waals surface area contributed by atoms with Gasteiger partial charge in [-0.2, -0.15) is 5.10 Å². The summed E-state index contributed by atoms with van der Waals surface area (Å²) in [5, 5.41) is 5.24. The highest BCUT2D eigenvalue weighted by Gasteiger charge is 1.99. The number of methoxy groups -OCH3 is 1. The molecule has 3 heteroatoms. The molecule has 0 unspecified atom stereocenters. The van der Waals surface area contributed by atoms with E-state index in [1.807, 2.05) is 63.8 Å². The lowest BCUT2D eigenvalue weighted by Crippen LogP contribution is -1.88. The standard InChI is InChI=1S/C9H10N2O.2C2H6/c1-11-9-4-3-8(12-2)5-7(9)6-10-11;2*1-2/h3-6H,1-2H3;2*1-2H3. The molecule has 2 aromatic rings. The third-order valence-electron chi connectivity index (χ3n) is 1.95. The van der Waals surface area contributed by atoms with Crippen molar-refractivity contribution in [2.24, 2.45) is 7.05 Å². The van der Waals surface area contributed by atoms with Crippen molar-refractivity contribution in [1.82, 2.24) is 9.78 Å². The molecular weight excluding hydrogens is 200 g/mol. The third-order valence-corrected chi connectivity index (χ3v) is 1.95. The van der Waals surface area contributed by atoms with Gasteiger partial charge in [0.2, 0.25) is 0 Å². The first-order chi connectivity index (χ1) is 7.81. The molecule has 1 heterocycles. The summed E-state index contributed by atoms with van der Waals surface area (Å²) >= 11 is 0. The lowest BCUT2D eigenvalue weighted by atomic mass is 10.2. The second-order valence-electron chi connectivity index (χ2n) is 2.69. The van der Waals surface area contributed by atoms with Gasteiger partial charge in [-0.3, -0.25) is 4.68 Å². The van der Waals surface area contributed by atoms with Crippen LogP contribution in [0.1, 0.15) is 27.7 Å². The summed E-state index contributed by atoms with van der Waals surface area (Å²) in [4.78, 5) is 0. The van der Waals surface area contributed by atoms with Gasteiger partial charge in [0.15, 0.2) is 0 Å². The van der Waals surface area contributed by atoms with Crippen molar-refractivity contribution in [3.63, 3.8) is 0 Å². The van der Waals surface area contributed by atoms with Gasteiger partial charge in [-0.1, -0.05) is 27.7 Å². The second kappa shape index (κ2) is 7.74. The first-order valence-corrected chi connectivity index (χ1v) is 5.77. The summed E-state index contributed by atoms with van der Waals surface area (Å²) in [6, 6.07) is 5.91. The van der Waals surface area contributed by atoms with E-state index in [9.17, 15) is 0 Å². The average molecular weight is 222 g/mol. The zero-order valence-corrected chi connectivity index (χ0v) is 11.1. The van der Waals surface area contributed by atoms with Gasteiger partial charge in [0, 0.05) is 12.4 Å². The fourth-order valence-corrected chi connectivity index (χ4v) is 1.27. The van der Waals surface area contributed by atoms with Crippen molar-refractivity contribution in [2.75, 3.05) is 7.11 Å². The lowest BCUT2D eigenvalue weighted by molar-refractivity contribution is 0.415. The van der Waals surface area contributed by atoms with Gasteiger partial charge >= 0.3 is 0 Å². The molecule has 0 aliphatic carbocycles. The van der Waals surface area contributed by atoms with Crippen LogP contribution >= 0.6 is 0 Å². The zero-order valence-electron chi connectivity index (χ0n) is 11.1. The van der Waals surface area contributed by atoms with Crippen LogP contribution in [0.4, 0.5) is 0 Å². The molecule has 0 saturated carbocycles. The van der Waals surface area contributed by atoms with Crippen LogP contribution in [0.15, 0.2) is 24.4 Å². The average Bonchev–Trinajstić information content (AvgIpc) is 2.75. The largest absolute Gasteiger partial charge is 0.497 e. The Bertz CT molecular complexity index is 407. The van der Waals surface area contributed by atoms with Crippen molar-refractivity contribution in [1.29, 1.82) is 0 Å². The van der Waals surface area contributed by atoms with Gasteiger partial charge in [-0.05, 0) is 18.2 Å². The molecule has 1 aromatic heterocycles. The Morgan fingerprint density at radius 2 is 1.75 bits per heavy atom. The summed E-state index contributed by atoms with van der Waals surface area (Å²) in [6.45, 7) is 8.00. The molecule has 0 saturated heterocycles. The summed E-state index contributed by atoms with van der Waals surface area (Å²) in [6.07, 6.45) is 1.83. The van der Waals surface area contributed by atoms with E-state index in [0.29, 0.717) is 0 Å². The minimum atomic E-state index is 0.871. The topological polar surface area (TPSA) is 27.1 Å². The smallest absolute Gasteiger partial charge is 0.119 e. The van der Waals surface area contributed by atoms with Crippen LogP contribution in [0.5, 0.6) is 5.75 Å². The van der Waals surface area contributed by atoms with Gasteiger partial charge in [0.25, 0.3) is 0 Å². The molecule has 0 bridgehead atoms. The van der Waals surface area contributed by atoms with E-state index in [-0.39, 0.29) is 0 Å². The van der Waals surface area contributed by atoms with Crippen molar-refractivity contribution >= 4 is 10.9 Å². The molecule has 1 aromatic carbocycles. The van der Waals surface area contributed by atoms with Gasteiger partial charge in [-0.15, -0.1) is 0 Å². The number of aromatic nitrogens is 2. The molecule has 0 atom stereocenters. The van der Waals surface area contributed by atoms with Gasteiger partial charge in [0.05, 0.1) is 18.8 Å². The quantitative estimate of drug-likeness (QED) is 0.736. The first kappa shape index (κ1) is 14.5. The minimum absolute atomic E-state index is 0.871. The molecule has 3 nitrogen and oxygen atoms in total. The number of benzene rings is 1. The van der Waals surface area contributed by atoms with Crippen LogP contribution in [-0.4, -0.2) is 16.9 Å². The van der Waals surface area contributed by atoms with Crippen LogP contribution in [0.25, 0.3) is 10.9 Å². The summed E-state index contributed by atoms with van der Waals surface area (Å²) < 4.78 is 6.94. The Kier molecular flexibility index (Phi) is 7.01. The van der Waals surface area contributed by atoms with Crippen LogP contribution in [0.2, 0.25) is 0 Å². The minimum Gasteiger partial charge on any atom is -0.497 e. The number of ether oxygens (including phenoxy) is 1. The molecule has 0 fully saturated rings. The number of fused-ring (bicyclic) bond motifs is 1. The van der Waals surface area contributed by atoms with Crippen molar-refractivity contribution < 1.29 is 4.74 Å². The fourth-order valence-electron chi connectivity index (χ4n) is 1.27. The number of rotatable bonds is 1. The lowest BCUT2D eigenvalue weighted by Gasteiger charge is -1.98. The molecule has 0 spiro atoms. The summed E-state index contributed by atoms with van der Waals surface area (Å²) in [5.74, 6) is 0.871. The van der Waals surface area contributed by atoms with E-state index in [1.54, 1.807) is 7.11 Å². The van der Waals surface area contributed by atoms with Crippen molar-refractivity contribution in [3.05, 3.63) is 24.4 Å². The predicted octanol–water partition coefficient (Wildman–Crippen LogP) is 3.63. The van der Waals surface area contributed by atoms with Gasteiger partial charge in [-0.25, -0.2) is 0 Å². The van der Waals surface area contributed by atoms with Crippen LogP contribution in [0, 0.1) is 0 Å². The fraction of sp³-hybridized carbons (Fsp3) is 0.462. The maximum atomic E-state index is 5.09. The Labute approximate surface area is 98.0 Å². The molecule has 0 aliphatic rings. The maximum Gasteiger partial charge on any atom is 0.119 e. The van der Waals surface area contributed by atoms with Crippen LogP contribution in [0.3, 0.4) is 0 Å². The number of nitrogens with zero attached hydrogens (tertiary/aromatic N) is 2. The SMILES string of the molecule is CC.CC.COc1ccc2c(cnn2C)c1. The highest BCUT2D eigenvalue weighted by molar-refractivity contribution is 5.80. The number of aryl methyl sites for hydroxylation is 1. The second-order valence-corrected chi connectivity index (χ2v) is 2.69. The van der Waals surface area contributed by atoms with Gasteiger partial charge in [0.1, 0.15) is 5.75 Å². The molecular formula is C13H22N2O. The highest BCUT2D eigenvalue weighted by Crippen LogP contribution is 2.19. The van der Waals surface area contributed by atoms with E-state index in [0.717, 1.165) is 16.7 Å². The molecule has 0 aliphatic heterocycles. The Morgan fingerprint density at radius 1 is 1.12 bits per heavy atom.